The Hall–Kier alpha value is -0.530. The number of rotatable bonds is 19. The van der Waals surface area contributed by atoms with Crippen molar-refractivity contribution in [3.8, 4) is 0 Å². The first kappa shape index (κ1) is 52.1. The van der Waals surface area contributed by atoms with Crippen molar-refractivity contribution in [2.75, 3.05) is 6.54 Å². The number of hydrogen-bond donors (Lipinski definition) is 0. The molecule has 2 unspecified atom stereocenters. The molecule has 0 aliphatic rings. The highest BCUT2D eigenvalue weighted by Crippen LogP contribution is 2.22. The van der Waals surface area contributed by atoms with Crippen molar-refractivity contribution in [1.82, 2.24) is 4.90 Å². The normalized spacial score (nSPS) is 10.8. The molecule has 0 saturated heterocycles. The van der Waals surface area contributed by atoms with Gasteiger partial charge in [-0.05, 0) is 32.1 Å². The van der Waals surface area contributed by atoms with Crippen LogP contribution in [0.1, 0.15) is 226 Å². The van der Waals surface area contributed by atoms with Crippen LogP contribution < -0.4 is 0 Å². The molecule has 2 nitrogen and oxygen atoms in total. The Morgan fingerprint density at radius 2 is 0.825 bits per heavy atom. The summed E-state index contributed by atoms with van der Waals surface area (Å²) in [7, 11) is 0. The number of amides is 1. The summed E-state index contributed by atoms with van der Waals surface area (Å²) in [5.74, 6) is 0.702. The molecule has 0 aliphatic carbocycles. The molecular weight excluding hydrogens is 486 g/mol. The van der Waals surface area contributed by atoms with Gasteiger partial charge in [0.2, 0.25) is 5.91 Å². The predicted octanol–water partition coefficient (Wildman–Crippen LogP) is 14.4. The minimum atomic E-state index is 0.247. The third kappa shape index (κ3) is 44.5. The zero-order valence-electron chi connectivity index (χ0n) is 31.7. The zero-order valence-corrected chi connectivity index (χ0v) is 31.7. The Kier molecular flexibility index (Phi) is 71.1. The third-order valence-electron chi connectivity index (χ3n) is 6.09. The Balaban J connectivity index is -0.000000188. The van der Waals surface area contributed by atoms with Gasteiger partial charge in [-0.1, -0.05) is 194 Å². The first-order chi connectivity index (χ1) is 19.4. The van der Waals surface area contributed by atoms with Crippen LogP contribution in [0.15, 0.2) is 0 Å². The van der Waals surface area contributed by atoms with Crippen LogP contribution in [0.25, 0.3) is 0 Å². The third-order valence-corrected chi connectivity index (χ3v) is 6.09. The van der Waals surface area contributed by atoms with Crippen LogP contribution in [-0.2, 0) is 4.79 Å². The molecule has 0 aliphatic heterocycles. The van der Waals surface area contributed by atoms with E-state index in [4.69, 9.17) is 0 Å². The Morgan fingerprint density at radius 3 is 1.20 bits per heavy atom. The molecule has 0 aromatic heterocycles. The van der Waals surface area contributed by atoms with Crippen LogP contribution in [0.4, 0.5) is 0 Å². The maximum absolute atomic E-state index is 13.3. The molecule has 0 aromatic carbocycles. The molecule has 1 amide bonds. The molecule has 2 heteroatoms. The molecule has 0 spiro atoms. The largest absolute Gasteiger partial charge is 0.339 e. The molecule has 0 heterocycles. The summed E-state index contributed by atoms with van der Waals surface area (Å²) in [4.78, 5) is 15.6. The summed E-state index contributed by atoms with van der Waals surface area (Å²) in [5, 5.41) is 0. The lowest BCUT2D eigenvalue weighted by Crippen LogP contribution is -2.44. The van der Waals surface area contributed by atoms with E-state index in [-0.39, 0.29) is 5.92 Å². The average Bonchev–Trinajstić information content (AvgIpc) is 2.97. The van der Waals surface area contributed by atoms with E-state index in [1.54, 1.807) is 0 Å². The van der Waals surface area contributed by atoms with Gasteiger partial charge in [-0.2, -0.15) is 0 Å². The molecule has 0 rings (SSSR count). The quantitative estimate of drug-likeness (QED) is 0.141. The highest BCUT2D eigenvalue weighted by Gasteiger charge is 2.27. The summed E-state index contributed by atoms with van der Waals surface area (Å²) in [6.45, 7) is 32.9. The van der Waals surface area contributed by atoms with E-state index >= 15 is 0 Å². The van der Waals surface area contributed by atoms with Gasteiger partial charge in [-0.25, -0.2) is 0 Å². The fourth-order valence-corrected chi connectivity index (χ4v) is 4.10. The fourth-order valence-electron chi connectivity index (χ4n) is 4.10. The van der Waals surface area contributed by atoms with E-state index in [9.17, 15) is 4.79 Å². The summed E-state index contributed by atoms with van der Waals surface area (Å²) in [5.41, 5.74) is 0. The first-order valence-electron chi connectivity index (χ1n) is 18.7. The van der Waals surface area contributed by atoms with Crippen LogP contribution in [-0.4, -0.2) is 23.4 Å². The molecule has 0 saturated carbocycles. The van der Waals surface area contributed by atoms with Crippen LogP contribution in [0.5, 0.6) is 0 Å². The number of hydrogen-bond acceptors (Lipinski definition) is 1. The SMILES string of the molecule is CC.CC.CCC.CCC.CCC.CCCCCCCCCC(CC)N(CCCC)C(=O)C(CC)CCCCC. The number of nitrogens with zero attached hydrogens (tertiary/aromatic N) is 1. The van der Waals surface area contributed by atoms with Crippen molar-refractivity contribution in [3.63, 3.8) is 0 Å². The second-order valence-electron chi connectivity index (χ2n) is 10.6. The van der Waals surface area contributed by atoms with Crippen molar-refractivity contribution < 1.29 is 4.79 Å². The predicted molar refractivity (Wildman–Crippen MR) is 192 cm³/mol. The zero-order chi connectivity index (χ0) is 32.5. The lowest BCUT2D eigenvalue weighted by molar-refractivity contribution is -0.138. The number of carbonyl (C=O) groups is 1. The fraction of sp³-hybridized carbons (Fsp3) is 0.974. The molecule has 40 heavy (non-hydrogen) atoms. The summed E-state index contributed by atoms with van der Waals surface area (Å²) in [6, 6.07) is 0.458. The maximum atomic E-state index is 13.3. The standard InChI is InChI=1S/C25H51NO.3C3H8.2C2H6/c1-6-11-14-15-16-17-19-21-24(10-5)26(22-13-8-3)25(27)23(9-4)20-18-12-7-2;3*1-3-2;2*1-2/h23-24H,6-22H2,1-5H3;3*3H2,1-2H3;2*1-2H3. The van der Waals surface area contributed by atoms with E-state index in [0.717, 1.165) is 32.2 Å². The second kappa shape index (κ2) is 54.5. The van der Waals surface area contributed by atoms with Gasteiger partial charge in [-0.3, -0.25) is 4.79 Å². The lowest BCUT2D eigenvalue weighted by Gasteiger charge is -2.34. The Labute approximate surface area is 259 Å². The Morgan fingerprint density at radius 1 is 0.475 bits per heavy atom. The van der Waals surface area contributed by atoms with Gasteiger partial charge in [0, 0.05) is 18.5 Å². The lowest BCUT2D eigenvalue weighted by atomic mass is 9.94. The number of unbranched alkanes of at least 4 members (excludes halogenated alkanes) is 9. The molecule has 0 N–H and O–H groups in total. The molecule has 0 fully saturated rings. The van der Waals surface area contributed by atoms with Crippen molar-refractivity contribution >= 4 is 5.91 Å². The van der Waals surface area contributed by atoms with E-state index in [1.165, 1.54) is 96.3 Å². The highest BCUT2D eigenvalue weighted by molar-refractivity contribution is 5.79. The van der Waals surface area contributed by atoms with Gasteiger partial charge in [0.05, 0.1) is 0 Å². The monoisotopic (exact) mass is 574 g/mol. The van der Waals surface area contributed by atoms with Gasteiger partial charge in [0.15, 0.2) is 0 Å². The van der Waals surface area contributed by atoms with Crippen LogP contribution >= 0.6 is 0 Å². The maximum Gasteiger partial charge on any atom is 0.225 e. The van der Waals surface area contributed by atoms with Gasteiger partial charge < -0.3 is 4.90 Å². The smallest absolute Gasteiger partial charge is 0.225 e. The molecule has 0 aromatic rings. The van der Waals surface area contributed by atoms with Crippen LogP contribution in [0, 0.1) is 5.92 Å². The number of carbonyl (C=O) groups excluding carboxylic acids is 1. The summed E-state index contributed by atoms with van der Waals surface area (Å²) < 4.78 is 0. The second-order valence-corrected chi connectivity index (χ2v) is 10.6. The molecule has 0 radical (unpaired) electrons. The van der Waals surface area contributed by atoms with Gasteiger partial charge in [0.25, 0.3) is 0 Å². The Bertz CT molecular complexity index is 364. The average molecular weight is 574 g/mol. The molecular formula is C38H87NO. The van der Waals surface area contributed by atoms with E-state index in [1.807, 2.05) is 27.7 Å². The van der Waals surface area contributed by atoms with E-state index in [0.29, 0.717) is 11.9 Å². The minimum absolute atomic E-state index is 0.247. The van der Waals surface area contributed by atoms with Crippen LogP contribution in [0.2, 0.25) is 0 Å². The van der Waals surface area contributed by atoms with Crippen molar-refractivity contribution in [3.05, 3.63) is 0 Å². The summed E-state index contributed by atoms with van der Waals surface area (Å²) >= 11 is 0. The van der Waals surface area contributed by atoms with E-state index in [2.05, 4.69) is 81.1 Å². The van der Waals surface area contributed by atoms with Gasteiger partial charge in [0.1, 0.15) is 0 Å². The first-order valence-corrected chi connectivity index (χ1v) is 18.7. The topological polar surface area (TPSA) is 20.3 Å². The van der Waals surface area contributed by atoms with Crippen LogP contribution in [0.3, 0.4) is 0 Å². The minimum Gasteiger partial charge on any atom is -0.339 e. The molecule has 2 atom stereocenters. The highest BCUT2D eigenvalue weighted by atomic mass is 16.2. The van der Waals surface area contributed by atoms with Crippen molar-refractivity contribution in [1.29, 1.82) is 0 Å². The summed E-state index contributed by atoms with van der Waals surface area (Å²) in [6.07, 6.45) is 23.6. The van der Waals surface area contributed by atoms with Gasteiger partial charge in [-0.15, -0.1) is 0 Å². The van der Waals surface area contributed by atoms with Crippen molar-refractivity contribution in [2.24, 2.45) is 5.92 Å². The molecule has 250 valence electrons. The van der Waals surface area contributed by atoms with Gasteiger partial charge >= 0.3 is 0 Å². The van der Waals surface area contributed by atoms with E-state index < -0.39 is 0 Å². The van der Waals surface area contributed by atoms with Crippen molar-refractivity contribution in [2.45, 2.75) is 232 Å². The molecule has 0 bridgehead atoms.